The fourth-order valence-electron chi connectivity index (χ4n) is 1.32. The molecule has 0 aromatic heterocycles. The van der Waals surface area contributed by atoms with Crippen LogP contribution in [0, 0.1) is 5.92 Å². The summed E-state index contributed by atoms with van der Waals surface area (Å²) >= 11 is 0. The Labute approximate surface area is 57.1 Å². The van der Waals surface area contributed by atoms with Crippen molar-refractivity contribution in [2.75, 3.05) is 6.54 Å². The first-order valence-electron chi connectivity index (χ1n) is 3.70. The largest absolute Gasteiger partial charge is 0.313 e. The Hall–Kier alpha value is -0.300. The van der Waals surface area contributed by atoms with Crippen molar-refractivity contribution in [1.82, 2.24) is 5.32 Å². The first-order valence-corrected chi connectivity index (χ1v) is 3.70. The van der Waals surface area contributed by atoms with E-state index in [4.69, 9.17) is 0 Å². The summed E-state index contributed by atoms with van der Waals surface area (Å²) in [5.41, 5.74) is 0. The van der Waals surface area contributed by atoms with E-state index in [-0.39, 0.29) is 0 Å². The van der Waals surface area contributed by atoms with Gasteiger partial charge >= 0.3 is 0 Å². The van der Waals surface area contributed by atoms with Crippen molar-refractivity contribution in [3.8, 4) is 0 Å². The molecule has 1 aliphatic rings. The zero-order valence-electron chi connectivity index (χ0n) is 6.06. The summed E-state index contributed by atoms with van der Waals surface area (Å²) in [6.07, 6.45) is 4.69. The summed E-state index contributed by atoms with van der Waals surface area (Å²) in [5.74, 6) is 0.646. The lowest BCUT2D eigenvalue weighted by Crippen LogP contribution is -2.27. The Morgan fingerprint density at radius 3 is 3.00 bits per heavy atom. The molecule has 1 N–H and O–H groups in total. The first kappa shape index (κ1) is 6.81. The van der Waals surface area contributed by atoms with Crippen molar-refractivity contribution in [1.29, 1.82) is 0 Å². The molecular formula is C8H15N. The van der Waals surface area contributed by atoms with E-state index >= 15 is 0 Å². The lowest BCUT2D eigenvalue weighted by molar-refractivity contribution is 0.493. The summed E-state index contributed by atoms with van der Waals surface area (Å²) in [6.45, 7) is 7.18. The van der Waals surface area contributed by atoms with Crippen LogP contribution in [0.4, 0.5) is 0 Å². The van der Waals surface area contributed by atoms with Gasteiger partial charge in [-0.05, 0) is 25.3 Å². The SMILES string of the molecule is C=C[C@@H](C)[C@@H]1CCCN1. The molecule has 2 atom stereocenters. The van der Waals surface area contributed by atoms with Gasteiger partial charge in [0.2, 0.25) is 0 Å². The van der Waals surface area contributed by atoms with Crippen LogP contribution in [0.1, 0.15) is 19.8 Å². The predicted octanol–water partition coefficient (Wildman–Crippen LogP) is 1.56. The summed E-state index contributed by atoms with van der Waals surface area (Å²) in [4.78, 5) is 0. The summed E-state index contributed by atoms with van der Waals surface area (Å²) in [5, 5.41) is 3.44. The molecule has 1 heteroatoms. The Bertz CT molecular complexity index is 92.7. The number of hydrogen-bond acceptors (Lipinski definition) is 1. The Morgan fingerprint density at radius 2 is 2.56 bits per heavy atom. The van der Waals surface area contributed by atoms with Gasteiger partial charge < -0.3 is 5.32 Å². The average molecular weight is 125 g/mol. The van der Waals surface area contributed by atoms with Crippen LogP contribution in [0.5, 0.6) is 0 Å². The third-order valence-corrected chi connectivity index (χ3v) is 2.10. The minimum Gasteiger partial charge on any atom is -0.313 e. The number of nitrogens with one attached hydrogen (secondary N) is 1. The smallest absolute Gasteiger partial charge is 0.0128 e. The average Bonchev–Trinajstić information content (AvgIpc) is 2.37. The highest BCUT2D eigenvalue weighted by atomic mass is 14.9. The molecule has 1 rings (SSSR count). The number of rotatable bonds is 2. The molecule has 0 aliphatic carbocycles. The molecule has 1 saturated heterocycles. The fourth-order valence-corrected chi connectivity index (χ4v) is 1.32. The van der Waals surface area contributed by atoms with Gasteiger partial charge in [-0.1, -0.05) is 13.0 Å². The topological polar surface area (TPSA) is 12.0 Å². The highest BCUT2D eigenvalue weighted by Crippen LogP contribution is 2.14. The van der Waals surface area contributed by atoms with Crippen molar-refractivity contribution < 1.29 is 0 Å². The van der Waals surface area contributed by atoms with Gasteiger partial charge in [0.1, 0.15) is 0 Å². The highest BCUT2D eigenvalue weighted by Gasteiger charge is 2.17. The van der Waals surface area contributed by atoms with Crippen LogP contribution in [0.25, 0.3) is 0 Å². The van der Waals surface area contributed by atoms with Gasteiger partial charge in [0.25, 0.3) is 0 Å². The van der Waals surface area contributed by atoms with Crippen LogP contribution in [0.2, 0.25) is 0 Å². The molecule has 1 nitrogen and oxygen atoms in total. The van der Waals surface area contributed by atoms with E-state index in [1.807, 2.05) is 6.08 Å². The van der Waals surface area contributed by atoms with E-state index in [0.29, 0.717) is 12.0 Å². The van der Waals surface area contributed by atoms with Gasteiger partial charge in [0.15, 0.2) is 0 Å². The van der Waals surface area contributed by atoms with Crippen LogP contribution in [0.3, 0.4) is 0 Å². The molecule has 1 heterocycles. The molecule has 0 amide bonds. The molecule has 9 heavy (non-hydrogen) atoms. The molecule has 0 radical (unpaired) electrons. The van der Waals surface area contributed by atoms with E-state index in [2.05, 4.69) is 18.8 Å². The zero-order valence-corrected chi connectivity index (χ0v) is 6.06. The van der Waals surface area contributed by atoms with E-state index < -0.39 is 0 Å². The third kappa shape index (κ3) is 1.55. The molecule has 0 aromatic rings. The van der Waals surface area contributed by atoms with Gasteiger partial charge in [-0.3, -0.25) is 0 Å². The van der Waals surface area contributed by atoms with Crippen LogP contribution >= 0.6 is 0 Å². The van der Waals surface area contributed by atoms with E-state index in [0.717, 1.165) is 0 Å². The molecule has 52 valence electrons. The van der Waals surface area contributed by atoms with Crippen LogP contribution < -0.4 is 5.32 Å². The third-order valence-electron chi connectivity index (χ3n) is 2.10. The van der Waals surface area contributed by atoms with Crippen LogP contribution in [0.15, 0.2) is 12.7 Å². The van der Waals surface area contributed by atoms with Gasteiger partial charge in [-0.2, -0.15) is 0 Å². The molecule has 0 saturated carbocycles. The molecule has 0 bridgehead atoms. The molecule has 1 aliphatic heterocycles. The summed E-state index contributed by atoms with van der Waals surface area (Å²) in [6, 6.07) is 0.711. The molecule has 0 spiro atoms. The van der Waals surface area contributed by atoms with E-state index in [1.165, 1.54) is 19.4 Å². The maximum atomic E-state index is 3.77. The summed E-state index contributed by atoms with van der Waals surface area (Å²) < 4.78 is 0. The minimum absolute atomic E-state index is 0.646. The molecular weight excluding hydrogens is 110 g/mol. The second-order valence-electron chi connectivity index (χ2n) is 2.80. The highest BCUT2D eigenvalue weighted by molar-refractivity contribution is 4.88. The molecule has 1 fully saturated rings. The van der Waals surface area contributed by atoms with Crippen molar-refractivity contribution in [3.63, 3.8) is 0 Å². The van der Waals surface area contributed by atoms with E-state index in [9.17, 15) is 0 Å². The number of hydrogen-bond donors (Lipinski definition) is 1. The molecule has 0 unspecified atom stereocenters. The van der Waals surface area contributed by atoms with Gasteiger partial charge in [-0.15, -0.1) is 6.58 Å². The van der Waals surface area contributed by atoms with Gasteiger partial charge in [0.05, 0.1) is 0 Å². The summed E-state index contributed by atoms with van der Waals surface area (Å²) in [7, 11) is 0. The van der Waals surface area contributed by atoms with Crippen LogP contribution in [-0.2, 0) is 0 Å². The Kier molecular flexibility index (Phi) is 2.29. The second kappa shape index (κ2) is 3.02. The maximum Gasteiger partial charge on any atom is 0.0128 e. The van der Waals surface area contributed by atoms with Crippen molar-refractivity contribution in [3.05, 3.63) is 12.7 Å². The lowest BCUT2D eigenvalue weighted by Gasteiger charge is -2.14. The van der Waals surface area contributed by atoms with Crippen molar-refractivity contribution >= 4 is 0 Å². The minimum atomic E-state index is 0.646. The van der Waals surface area contributed by atoms with Gasteiger partial charge in [-0.25, -0.2) is 0 Å². The zero-order chi connectivity index (χ0) is 6.69. The fraction of sp³-hybridized carbons (Fsp3) is 0.750. The normalized spacial score (nSPS) is 30.1. The standard InChI is InChI=1S/C8H15N/c1-3-7(2)8-5-4-6-9-8/h3,7-9H,1,4-6H2,2H3/t7-,8+/m1/s1. The predicted molar refractivity (Wildman–Crippen MR) is 40.4 cm³/mol. The quantitative estimate of drug-likeness (QED) is 0.552. The van der Waals surface area contributed by atoms with E-state index in [1.54, 1.807) is 0 Å². The lowest BCUT2D eigenvalue weighted by atomic mass is 10.0. The monoisotopic (exact) mass is 125 g/mol. The second-order valence-corrected chi connectivity index (χ2v) is 2.80. The Balaban J connectivity index is 2.32. The van der Waals surface area contributed by atoms with Crippen LogP contribution in [-0.4, -0.2) is 12.6 Å². The van der Waals surface area contributed by atoms with Crippen molar-refractivity contribution in [2.24, 2.45) is 5.92 Å². The Morgan fingerprint density at radius 1 is 1.78 bits per heavy atom. The van der Waals surface area contributed by atoms with Gasteiger partial charge in [0, 0.05) is 6.04 Å². The first-order chi connectivity index (χ1) is 4.34. The van der Waals surface area contributed by atoms with Crippen molar-refractivity contribution in [2.45, 2.75) is 25.8 Å². The maximum absolute atomic E-state index is 3.77. The molecule has 0 aromatic carbocycles.